The fourth-order valence-corrected chi connectivity index (χ4v) is 1.21. The van der Waals surface area contributed by atoms with Gasteiger partial charge in [0.15, 0.2) is 0 Å². The van der Waals surface area contributed by atoms with Crippen LogP contribution in [-0.2, 0) is 0 Å². The predicted octanol–water partition coefficient (Wildman–Crippen LogP) is 0.863. The molecule has 0 aromatic carbocycles. The molecule has 0 radical (unpaired) electrons. The number of amidine groups is 1. The van der Waals surface area contributed by atoms with E-state index in [2.05, 4.69) is 9.89 Å². The Kier molecular flexibility index (Phi) is 3.29. The summed E-state index contributed by atoms with van der Waals surface area (Å²) in [5.74, 6) is 1.50. The predicted molar refractivity (Wildman–Crippen MR) is 50.1 cm³/mol. The standard InChI is InChI=1S/C9H16N2O/c1-3-4-10-8(2)11-5-9(6-11)7-12/h3-4,9,12H,5-7H2,1-2H3/b4-3-,10-8?. The van der Waals surface area contributed by atoms with E-state index in [-0.39, 0.29) is 0 Å². The molecular formula is C9H16N2O. The van der Waals surface area contributed by atoms with E-state index in [1.54, 1.807) is 6.20 Å². The first-order valence-electron chi connectivity index (χ1n) is 4.29. The van der Waals surface area contributed by atoms with Crippen LogP contribution in [-0.4, -0.2) is 35.5 Å². The number of rotatable bonds is 2. The topological polar surface area (TPSA) is 35.8 Å². The molecule has 0 bridgehead atoms. The van der Waals surface area contributed by atoms with Gasteiger partial charge in [0.2, 0.25) is 0 Å². The summed E-state index contributed by atoms with van der Waals surface area (Å²) >= 11 is 0. The van der Waals surface area contributed by atoms with Gasteiger partial charge in [-0.15, -0.1) is 0 Å². The number of aliphatic imine (C=N–C) groups is 1. The van der Waals surface area contributed by atoms with Gasteiger partial charge < -0.3 is 10.0 Å². The van der Waals surface area contributed by atoms with Crippen LogP contribution in [0.5, 0.6) is 0 Å². The summed E-state index contributed by atoms with van der Waals surface area (Å²) in [5.41, 5.74) is 0. The van der Waals surface area contributed by atoms with Crippen molar-refractivity contribution in [2.45, 2.75) is 13.8 Å². The van der Waals surface area contributed by atoms with E-state index in [4.69, 9.17) is 5.11 Å². The van der Waals surface area contributed by atoms with E-state index in [1.165, 1.54) is 0 Å². The van der Waals surface area contributed by atoms with Gasteiger partial charge in [0.05, 0.1) is 0 Å². The fourth-order valence-electron chi connectivity index (χ4n) is 1.21. The molecule has 0 unspecified atom stereocenters. The Morgan fingerprint density at radius 2 is 2.33 bits per heavy atom. The number of allylic oxidation sites excluding steroid dienone is 1. The highest BCUT2D eigenvalue weighted by atomic mass is 16.3. The van der Waals surface area contributed by atoms with Gasteiger partial charge in [-0.1, -0.05) is 6.08 Å². The molecule has 0 aromatic rings. The number of hydrogen-bond acceptors (Lipinski definition) is 2. The molecule has 0 saturated carbocycles. The molecule has 0 spiro atoms. The molecule has 1 fully saturated rings. The van der Waals surface area contributed by atoms with Crippen molar-refractivity contribution in [1.82, 2.24) is 4.90 Å². The summed E-state index contributed by atoms with van der Waals surface area (Å²) in [6.07, 6.45) is 3.70. The molecular weight excluding hydrogens is 152 g/mol. The van der Waals surface area contributed by atoms with E-state index in [1.807, 2.05) is 19.9 Å². The van der Waals surface area contributed by atoms with Crippen LogP contribution >= 0.6 is 0 Å². The lowest BCUT2D eigenvalue weighted by Crippen LogP contribution is -2.50. The molecule has 1 aliphatic heterocycles. The first-order chi connectivity index (χ1) is 5.77. The zero-order valence-corrected chi connectivity index (χ0v) is 7.70. The second-order valence-electron chi connectivity index (χ2n) is 3.11. The minimum Gasteiger partial charge on any atom is -0.396 e. The fraction of sp³-hybridized carbons (Fsp3) is 0.667. The summed E-state index contributed by atoms with van der Waals surface area (Å²) in [6, 6.07) is 0. The van der Waals surface area contributed by atoms with Crippen molar-refractivity contribution in [1.29, 1.82) is 0 Å². The van der Waals surface area contributed by atoms with Gasteiger partial charge >= 0.3 is 0 Å². The molecule has 3 heteroatoms. The van der Waals surface area contributed by atoms with Crippen LogP contribution in [0.3, 0.4) is 0 Å². The zero-order valence-electron chi connectivity index (χ0n) is 7.70. The molecule has 1 aliphatic rings. The quantitative estimate of drug-likeness (QED) is 0.490. The van der Waals surface area contributed by atoms with Crippen LogP contribution < -0.4 is 0 Å². The maximum atomic E-state index is 8.78. The Bertz CT molecular complexity index is 193. The average molecular weight is 168 g/mol. The van der Waals surface area contributed by atoms with Gasteiger partial charge in [-0.25, -0.2) is 4.99 Å². The third-order valence-electron chi connectivity index (χ3n) is 2.08. The Morgan fingerprint density at radius 1 is 1.67 bits per heavy atom. The summed E-state index contributed by atoms with van der Waals surface area (Å²) in [7, 11) is 0. The Balaban J connectivity index is 2.32. The molecule has 1 rings (SSSR count). The minimum atomic E-state index is 0.299. The van der Waals surface area contributed by atoms with Crippen molar-refractivity contribution >= 4 is 5.84 Å². The molecule has 1 N–H and O–H groups in total. The number of aliphatic hydroxyl groups excluding tert-OH is 1. The molecule has 0 amide bonds. The Hall–Kier alpha value is -0.830. The van der Waals surface area contributed by atoms with Gasteiger partial charge in [0.1, 0.15) is 5.84 Å². The molecule has 1 saturated heterocycles. The van der Waals surface area contributed by atoms with E-state index >= 15 is 0 Å². The second kappa shape index (κ2) is 4.26. The molecule has 68 valence electrons. The second-order valence-corrected chi connectivity index (χ2v) is 3.11. The van der Waals surface area contributed by atoms with E-state index in [0.717, 1.165) is 18.9 Å². The highest BCUT2D eigenvalue weighted by molar-refractivity contribution is 5.81. The third-order valence-corrected chi connectivity index (χ3v) is 2.08. The SMILES string of the molecule is C/C=C\N=C(C)N1CC(CO)C1. The van der Waals surface area contributed by atoms with Crippen LogP contribution in [0.4, 0.5) is 0 Å². The first-order valence-corrected chi connectivity index (χ1v) is 4.29. The van der Waals surface area contributed by atoms with E-state index < -0.39 is 0 Å². The van der Waals surface area contributed by atoms with E-state index in [0.29, 0.717) is 12.5 Å². The molecule has 3 nitrogen and oxygen atoms in total. The third kappa shape index (κ3) is 2.08. The van der Waals surface area contributed by atoms with Crippen LogP contribution in [0.15, 0.2) is 17.3 Å². The summed E-state index contributed by atoms with van der Waals surface area (Å²) in [5, 5.41) is 8.78. The van der Waals surface area contributed by atoms with Gasteiger partial charge in [-0.3, -0.25) is 0 Å². The maximum Gasteiger partial charge on any atom is 0.101 e. The summed E-state index contributed by atoms with van der Waals surface area (Å²) < 4.78 is 0. The average Bonchev–Trinajstić information content (AvgIpc) is 1.99. The number of aliphatic hydroxyl groups is 1. The molecule has 12 heavy (non-hydrogen) atoms. The van der Waals surface area contributed by atoms with Crippen molar-refractivity contribution < 1.29 is 5.11 Å². The van der Waals surface area contributed by atoms with Gasteiger partial charge in [0, 0.05) is 31.8 Å². The molecule has 1 heterocycles. The summed E-state index contributed by atoms with van der Waals surface area (Å²) in [6.45, 7) is 6.14. The lowest BCUT2D eigenvalue weighted by molar-refractivity contribution is 0.108. The van der Waals surface area contributed by atoms with Crippen molar-refractivity contribution in [3.63, 3.8) is 0 Å². The normalized spacial score (nSPS) is 20.2. The van der Waals surface area contributed by atoms with E-state index in [9.17, 15) is 0 Å². The minimum absolute atomic E-state index is 0.299. The van der Waals surface area contributed by atoms with Crippen molar-refractivity contribution in [2.75, 3.05) is 19.7 Å². The largest absolute Gasteiger partial charge is 0.396 e. The van der Waals surface area contributed by atoms with Crippen LogP contribution in [0, 0.1) is 5.92 Å². The van der Waals surface area contributed by atoms with Crippen LogP contribution in [0.1, 0.15) is 13.8 Å². The highest BCUT2D eigenvalue weighted by Crippen LogP contribution is 2.14. The smallest absolute Gasteiger partial charge is 0.101 e. The van der Waals surface area contributed by atoms with Crippen molar-refractivity contribution in [3.8, 4) is 0 Å². The van der Waals surface area contributed by atoms with Crippen molar-refractivity contribution in [3.05, 3.63) is 12.3 Å². The van der Waals surface area contributed by atoms with Gasteiger partial charge in [0.25, 0.3) is 0 Å². The number of likely N-dealkylation sites (tertiary alicyclic amines) is 1. The number of nitrogens with zero attached hydrogens (tertiary/aromatic N) is 2. The lowest BCUT2D eigenvalue weighted by Gasteiger charge is -2.39. The monoisotopic (exact) mass is 168 g/mol. The molecule has 0 aromatic heterocycles. The zero-order chi connectivity index (χ0) is 8.97. The first kappa shape index (κ1) is 9.26. The highest BCUT2D eigenvalue weighted by Gasteiger charge is 2.26. The van der Waals surface area contributed by atoms with Gasteiger partial charge in [-0.05, 0) is 13.8 Å². The summed E-state index contributed by atoms with van der Waals surface area (Å²) in [4.78, 5) is 6.38. The lowest BCUT2D eigenvalue weighted by atomic mass is 10.0. The van der Waals surface area contributed by atoms with Crippen molar-refractivity contribution in [2.24, 2.45) is 10.9 Å². The molecule has 0 aliphatic carbocycles. The Morgan fingerprint density at radius 3 is 2.83 bits per heavy atom. The van der Waals surface area contributed by atoms with Gasteiger partial charge in [-0.2, -0.15) is 0 Å². The van der Waals surface area contributed by atoms with Crippen LogP contribution in [0.25, 0.3) is 0 Å². The maximum absolute atomic E-state index is 8.78. The number of hydrogen-bond donors (Lipinski definition) is 1. The molecule has 0 atom stereocenters. The Labute approximate surface area is 73.4 Å². The van der Waals surface area contributed by atoms with Crippen LogP contribution in [0.2, 0.25) is 0 Å².